The van der Waals surface area contributed by atoms with E-state index in [4.69, 9.17) is 11.6 Å². The Morgan fingerprint density at radius 3 is 2.56 bits per heavy atom. The minimum Gasteiger partial charge on any atom is -0.505 e. The van der Waals surface area contributed by atoms with Gasteiger partial charge in [-0.3, -0.25) is 0 Å². The van der Waals surface area contributed by atoms with Crippen LogP contribution in [0.15, 0.2) is 30.3 Å². The summed E-state index contributed by atoms with van der Waals surface area (Å²) >= 11 is 6.05. The maximum Gasteiger partial charge on any atom is 0.146 e. The second kappa shape index (κ2) is 8.75. The summed E-state index contributed by atoms with van der Waals surface area (Å²) in [4.78, 5) is 1.53. The Bertz CT molecular complexity index is 917. The number of phenols is 1. The number of fused-ring (bicyclic) bond motifs is 1. The highest BCUT2D eigenvalue weighted by molar-refractivity contribution is 6.31. The SMILES string of the molecule is CCc1cc(CCCCCC(C)C)c(O)c(-n2nc3ccc(Cl)cc3n2)c1. The first-order valence-electron chi connectivity index (χ1n) is 9.85. The van der Waals surface area contributed by atoms with Gasteiger partial charge < -0.3 is 5.11 Å². The van der Waals surface area contributed by atoms with Crippen LogP contribution in [0.3, 0.4) is 0 Å². The van der Waals surface area contributed by atoms with E-state index in [2.05, 4.69) is 37.0 Å². The van der Waals surface area contributed by atoms with Gasteiger partial charge in [-0.2, -0.15) is 0 Å². The number of aromatic hydroxyl groups is 1. The Morgan fingerprint density at radius 1 is 1.04 bits per heavy atom. The topological polar surface area (TPSA) is 50.9 Å². The van der Waals surface area contributed by atoms with Crippen LogP contribution in [0.2, 0.25) is 5.02 Å². The smallest absolute Gasteiger partial charge is 0.146 e. The predicted molar refractivity (Wildman–Crippen MR) is 112 cm³/mol. The average molecular weight is 386 g/mol. The summed E-state index contributed by atoms with van der Waals surface area (Å²) in [5.41, 5.74) is 4.28. The van der Waals surface area contributed by atoms with Crippen LogP contribution < -0.4 is 0 Å². The molecule has 0 bridgehead atoms. The Kier molecular flexibility index (Phi) is 6.38. The lowest BCUT2D eigenvalue weighted by atomic mass is 9.99. The summed E-state index contributed by atoms with van der Waals surface area (Å²) in [7, 11) is 0. The van der Waals surface area contributed by atoms with Crippen molar-refractivity contribution in [2.75, 3.05) is 0 Å². The molecule has 0 aliphatic rings. The summed E-state index contributed by atoms with van der Waals surface area (Å²) in [6.07, 6.45) is 6.55. The van der Waals surface area contributed by atoms with Crippen LogP contribution in [0.5, 0.6) is 5.75 Å². The summed E-state index contributed by atoms with van der Waals surface area (Å²) in [6, 6.07) is 9.52. The van der Waals surface area contributed by atoms with Gasteiger partial charge in [-0.15, -0.1) is 15.0 Å². The van der Waals surface area contributed by atoms with E-state index < -0.39 is 0 Å². The molecule has 0 spiro atoms. The first-order valence-corrected chi connectivity index (χ1v) is 10.2. The fraction of sp³-hybridized carbons (Fsp3) is 0.455. The van der Waals surface area contributed by atoms with Crippen molar-refractivity contribution >= 4 is 22.6 Å². The monoisotopic (exact) mass is 385 g/mol. The van der Waals surface area contributed by atoms with Crippen molar-refractivity contribution in [2.45, 2.75) is 59.3 Å². The molecule has 0 atom stereocenters. The van der Waals surface area contributed by atoms with Crippen LogP contribution in [0, 0.1) is 5.92 Å². The highest BCUT2D eigenvalue weighted by Gasteiger charge is 2.14. The lowest BCUT2D eigenvalue weighted by Gasteiger charge is -2.12. The molecule has 0 aliphatic carbocycles. The molecule has 27 heavy (non-hydrogen) atoms. The van der Waals surface area contributed by atoms with Crippen LogP contribution in [0.25, 0.3) is 16.7 Å². The van der Waals surface area contributed by atoms with Crippen LogP contribution in [-0.4, -0.2) is 20.1 Å². The minimum absolute atomic E-state index is 0.280. The average Bonchev–Trinajstić information content (AvgIpc) is 3.05. The number of phenolic OH excluding ortho intramolecular Hbond substituents is 1. The second-order valence-electron chi connectivity index (χ2n) is 7.59. The van der Waals surface area contributed by atoms with Crippen molar-refractivity contribution in [1.82, 2.24) is 15.0 Å². The molecule has 0 unspecified atom stereocenters. The van der Waals surface area contributed by atoms with E-state index in [1.165, 1.54) is 29.6 Å². The van der Waals surface area contributed by atoms with Gasteiger partial charge in [0.15, 0.2) is 0 Å². The quantitative estimate of drug-likeness (QED) is 0.476. The van der Waals surface area contributed by atoms with Crippen molar-refractivity contribution < 1.29 is 5.11 Å². The van der Waals surface area contributed by atoms with Gasteiger partial charge in [-0.05, 0) is 60.6 Å². The predicted octanol–water partition coefficient (Wildman–Crippen LogP) is 6.10. The normalized spacial score (nSPS) is 11.6. The maximum atomic E-state index is 10.9. The van der Waals surface area contributed by atoms with Gasteiger partial charge in [0, 0.05) is 5.02 Å². The van der Waals surface area contributed by atoms with Crippen LogP contribution in [0.4, 0.5) is 0 Å². The van der Waals surface area contributed by atoms with E-state index in [1.807, 2.05) is 12.1 Å². The van der Waals surface area contributed by atoms with Crippen molar-refractivity contribution in [2.24, 2.45) is 5.92 Å². The lowest BCUT2D eigenvalue weighted by Crippen LogP contribution is -2.03. The van der Waals surface area contributed by atoms with Gasteiger partial charge in [0.25, 0.3) is 0 Å². The third kappa shape index (κ3) is 4.81. The molecule has 0 amide bonds. The second-order valence-corrected chi connectivity index (χ2v) is 8.03. The summed E-state index contributed by atoms with van der Waals surface area (Å²) in [6.45, 7) is 6.64. The molecule has 0 aliphatic heterocycles. The lowest BCUT2D eigenvalue weighted by molar-refractivity contribution is 0.457. The summed E-state index contributed by atoms with van der Waals surface area (Å²) in [5.74, 6) is 1.03. The van der Waals surface area contributed by atoms with Gasteiger partial charge in [0.1, 0.15) is 22.5 Å². The van der Waals surface area contributed by atoms with Crippen LogP contribution in [-0.2, 0) is 12.8 Å². The number of rotatable bonds is 8. The first kappa shape index (κ1) is 19.7. The molecule has 4 nitrogen and oxygen atoms in total. The standard InChI is InChI=1S/C22H28ClN3O/c1-4-16-12-17(9-7-5-6-8-15(2)3)22(27)21(13-16)26-24-19-11-10-18(23)14-20(19)25-26/h10-15,27H,4-9H2,1-3H3. The fourth-order valence-electron chi connectivity index (χ4n) is 3.33. The molecule has 5 heteroatoms. The number of unbranched alkanes of at least 4 members (excludes halogenated alkanes) is 2. The number of halogens is 1. The van der Waals surface area contributed by atoms with Gasteiger partial charge in [0.05, 0.1) is 0 Å². The Labute approximate surface area is 166 Å². The molecule has 0 radical (unpaired) electrons. The molecule has 144 valence electrons. The van der Waals surface area contributed by atoms with E-state index in [0.29, 0.717) is 10.7 Å². The molecule has 1 heterocycles. The molecule has 1 N–H and O–H groups in total. The number of nitrogens with zero attached hydrogens (tertiary/aromatic N) is 3. The summed E-state index contributed by atoms with van der Waals surface area (Å²) in [5, 5.41) is 20.5. The number of aryl methyl sites for hydroxylation is 2. The molecular weight excluding hydrogens is 358 g/mol. The van der Waals surface area contributed by atoms with Crippen molar-refractivity contribution in [3.05, 3.63) is 46.5 Å². The van der Waals surface area contributed by atoms with E-state index in [0.717, 1.165) is 41.8 Å². The molecular formula is C22H28ClN3O. The number of benzene rings is 2. The minimum atomic E-state index is 0.280. The highest BCUT2D eigenvalue weighted by Crippen LogP contribution is 2.30. The van der Waals surface area contributed by atoms with E-state index in [1.54, 1.807) is 12.1 Å². The third-order valence-electron chi connectivity index (χ3n) is 4.92. The Balaban J connectivity index is 1.85. The Hall–Kier alpha value is -2.07. The van der Waals surface area contributed by atoms with Crippen molar-refractivity contribution in [3.63, 3.8) is 0 Å². The summed E-state index contributed by atoms with van der Waals surface area (Å²) < 4.78 is 0. The zero-order valence-electron chi connectivity index (χ0n) is 16.4. The van der Waals surface area contributed by atoms with Gasteiger partial charge >= 0.3 is 0 Å². The molecule has 1 aromatic heterocycles. The van der Waals surface area contributed by atoms with Crippen LogP contribution >= 0.6 is 11.6 Å². The maximum absolute atomic E-state index is 10.9. The molecule has 2 aromatic carbocycles. The molecule has 3 aromatic rings. The van der Waals surface area contributed by atoms with E-state index >= 15 is 0 Å². The van der Waals surface area contributed by atoms with Crippen molar-refractivity contribution in [1.29, 1.82) is 0 Å². The molecule has 3 rings (SSSR count). The molecule has 0 saturated carbocycles. The fourth-order valence-corrected chi connectivity index (χ4v) is 3.50. The third-order valence-corrected chi connectivity index (χ3v) is 5.16. The zero-order chi connectivity index (χ0) is 19.4. The largest absolute Gasteiger partial charge is 0.505 e. The van der Waals surface area contributed by atoms with Crippen LogP contribution in [0.1, 0.15) is 57.6 Å². The zero-order valence-corrected chi connectivity index (χ0v) is 17.1. The highest BCUT2D eigenvalue weighted by atomic mass is 35.5. The molecule has 0 fully saturated rings. The Morgan fingerprint density at radius 2 is 1.81 bits per heavy atom. The van der Waals surface area contributed by atoms with Crippen molar-refractivity contribution in [3.8, 4) is 11.4 Å². The number of aromatic nitrogens is 3. The number of hydrogen-bond acceptors (Lipinski definition) is 3. The number of hydrogen-bond donors (Lipinski definition) is 1. The van der Waals surface area contributed by atoms with E-state index in [-0.39, 0.29) is 5.75 Å². The van der Waals surface area contributed by atoms with Gasteiger partial charge in [0.2, 0.25) is 0 Å². The molecule has 0 saturated heterocycles. The van der Waals surface area contributed by atoms with Gasteiger partial charge in [-0.25, -0.2) is 0 Å². The first-order chi connectivity index (χ1) is 13.0. The van der Waals surface area contributed by atoms with E-state index in [9.17, 15) is 5.11 Å². The van der Waals surface area contributed by atoms with Gasteiger partial charge in [-0.1, -0.05) is 57.7 Å².